The molecule has 0 aliphatic heterocycles. The minimum Gasteiger partial charge on any atom is -0.354 e. The maximum Gasteiger partial charge on any atom is 0.0551 e. The lowest BCUT2D eigenvalue weighted by atomic mass is 9.85. The molecular formula is C54H32N2. The number of rotatable bonds is 2. The van der Waals surface area contributed by atoms with Crippen LogP contribution in [-0.2, 0) is 0 Å². The van der Waals surface area contributed by atoms with E-state index in [0.717, 1.165) is 11.0 Å². The van der Waals surface area contributed by atoms with Crippen molar-refractivity contribution in [2.75, 3.05) is 0 Å². The molecule has 0 bridgehead atoms. The lowest BCUT2D eigenvalue weighted by Gasteiger charge is -2.18. The summed E-state index contributed by atoms with van der Waals surface area (Å²) < 4.78 is 0. The summed E-state index contributed by atoms with van der Waals surface area (Å²) in [6.07, 6.45) is 0. The zero-order valence-electron chi connectivity index (χ0n) is 30.3. The van der Waals surface area contributed by atoms with Crippen LogP contribution in [0.1, 0.15) is 0 Å². The van der Waals surface area contributed by atoms with Crippen molar-refractivity contribution in [1.82, 2.24) is 9.97 Å². The lowest BCUT2D eigenvalue weighted by molar-refractivity contribution is 1.56. The molecule has 13 aromatic rings. The third kappa shape index (κ3) is 3.95. The van der Waals surface area contributed by atoms with Gasteiger partial charge in [-0.3, -0.25) is 0 Å². The summed E-state index contributed by atoms with van der Waals surface area (Å²) in [5.74, 6) is 0. The normalized spacial score (nSPS) is 12.3. The lowest BCUT2D eigenvalue weighted by Crippen LogP contribution is -1.91. The number of nitrogens with one attached hydrogen (secondary N) is 2. The molecule has 0 unspecified atom stereocenters. The van der Waals surface area contributed by atoms with Crippen LogP contribution in [0.15, 0.2) is 182 Å². The monoisotopic (exact) mass is 708 g/mol. The van der Waals surface area contributed by atoms with E-state index >= 15 is 0 Å². The first-order valence-corrected chi connectivity index (χ1v) is 19.4. The van der Waals surface area contributed by atoms with Crippen LogP contribution in [0.25, 0.3) is 131 Å². The van der Waals surface area contributed by atoms with Crippen LogP contribution in [0.4, 0.5) is 0 Å². The molecule has 0 spiro atoms. The first-order chi connectivity index (χ1) is 27.8. The van der Waals surface area contributed by atoms with Crippen LogP contribution in [0.5, 0.6) is 0 Å². The number of H-pyrrole nitrogens is 2. The summed E-state index contributed by atoms with van der Waals surface area (Å²) in [6, 6.07) is 67.2. The average Bonchev–Trinajstić information content (AvgIpc) is 3.85. The Morgan fingerprint density at radius 3 is 0.875 bits per heavy atom. The number of hydrogen-bond acceptors (Lipinski definition) is 0. The van der Waals surface area contributed by atoms with E-state index in [1.165, 1.54) is 119 Å². The molecule has 11 aromatic carbocycles. The summed E-state index contributed by atoms with van der Waals surface area (Å²) in [5, 5.41) is 20.3. The topological polar surface area (TPSA) is 31.6 Å². The van der Waals surface area contributed by atoms with Crippen LogP contribution in [0.2, 0.25) is 0 Å². The molecule has 0 aliphatic rings. The van der Waals surface area contributed by atoms with Crippen LogP contribution < -0.4 is 0 Å². The molecule has 258 valence electrons. The summed E-state index contributed by atoms with van der Waals surface area (Å²) in [4.78, 5) is 7.81. The van der Waals surface area contributed by atoms with Crippen molar-refractivity contribution in [3.63, 3.8) is 0 Å². The Labute approximate surface area is 321 Å². The first-order valence-electron chi connectivity index (χ1n) is 19.4. The molecule has 2 N–H and O–H groups in total. The second-order valence-corrected chi connectivity index (χ2v) is 15.3. The van der Waals surface area contributed by atoms with Crippen LogP contribution >= 0.6 is 0 Å². The van der Waals surface area contributed by atoms with Crippen molar-refractivity contribution in [3.05, 3.63) is 182 Å². The number of fused-ring (bicyclic) bond motifs is 18. The van der Waals surface area contributed by atoms with E-state index < -0.39 is 0 Å². The van der Waals surface area contributed by atoms with Gasteiger partial charge in [0.25, 0.3) is 0 Å². The van der Waals surface area contributed by atoms with Gasteiger partial charge in [0.05, 0.1) is 11.0 Å². The van der Waals surface area contributed by atoms with Gasteiger partial charge in [-0.25, -0.2) is 0 Å². The van der Waals surface area contributed by atoms with Gasteiger partial charge >= 0.3 is 0 Å². The number of aromatic amines is 2. The van der Waals surface area contributed by atoms with Crippen molar-refractivity contribution in [3.8, 4) is 22.3 Å². The van der Waals surface area contributed by atoms with Crippen LogP contribution in [0.3, 0.4) is 0 Å². The summed E-state index contributed by atoms with van der Waals surface area (Å²) in [5.41, 5.74) is 9.65. The molecule has 0 saturated heterocycles. The molecule has 0 aliphatic carbocycles. The summed E-state index contributed by atoms with van der Waals surface area (Å²) >= 11 is 0. The molecule has 0 saturated carbocycles. The molecule has 56 heavy (non-hydrogen) atoms. The van der Waals surface area contributed by atoms with E-state index in [1.54, 1.807) is 0 Å². The highest BCUT2D eigenvalue weighted by molar-refractivity contribution is 6.33. The maximum atomic E-state index is 3.90. The number of aromatic nitrogens is 2. The minimum atomic E-state index is 1.15. The van der Waals surface area contributed by atoms with Crippen LogP contribution in [0, 0.1) is 0 Å². The van der Waals surface area contributed by atoms with Gasteiger partial charge in [0.15, 0.2) is 0 Å². The van der Waals surface area contributed by atoms with Gasteiger partial charge in [0.2, 0.25) is 0 Å². The largest absolute Gasteiger partial charge is 0.354 e. The summed E-state index contributed by atoms with van der Waals surface area (Å²) in [6.45, 7) is 0. The van der Waals surface area contributed by atoms with Crippen molar-refractivity contribution in [2.24, 2.45) is 0 Å². The van der Waals surface area contributed by atoms with Gasteiger partial charge in [-0.15, -0.1) is 0 Å². The molecule has 2 heteroatoms. The molecule has 2 nitrogen and oxygen atoms in total. The van der Waals surface area contributed by atoms with E-state index in [0.29, 0.717) is 0 Å². The average molecular weight is 709 g/mol. The summed E-state index contributed by atoms with van der Waals surface area (Å²) in [7, 11) is 0. The second kappa shape index (κ2) is 11.1. The van der Waals surface area contributed by atoms with Crippen molar-refractivity contribution < 1.29 is 0 Å². The van der Waals surface area contributed by atoms with E-state index in [2.05, 4.69) is 192 Å². The highest BCUT2D eigenvalue weighted by Crippen LogP contribution is 2.47. The molecule has 0 fully saturated rings. The van der Waals surface area contributed by atoms with E-state index in [9.17, 15) is 0 Å². The number of hydrogen-bond donors (Lipinski definition) is 2. The van der Waals surface area contributed by atoms with Gasteiger partial charge in [0, 0.05) is 43.4 Å². The van der Waals surface area contributed by atoms with Crippen molar-refractivity contribution >= 4 is 108 Å². The second-order valence-electron chi connectivity index (χ2n) is 15.3. The fourth-order valence-electron chi connectivity index (χ4n) is 10.2. The van der Waals surface area contributed by atoms with E-state index in [-0.39, 0.29) is 0 Å². The Morgan fingerprint density at radius 2 is 0.518 bits per heavy atom. The zero-order chi connectivity index (χ0) is 36.5. The minimum absolute atomic E-state index is 1.15. The fraction of sp³-hybridized carbons (Fsp3) is 0. The molecule has 0 amide bonds. The molecule has 2 aromatic heterocycles. The van der Waals surface area contributed by atoms with Gasteiger partial charge in [0.1, 0.15) is 0 Å². The molecule has 0 radical (unpaired) electrons. The molecule has 0 atom stereocenters. The van der Waals surface area contributed by atoms with Gasteiger partial charge in [-0.05, 0) is 88.2 Å². The Bertz CT molecular complexity index is 3510. The molecule has 13 rings (SSSR count). The highest BCUT2D eigenvalue weighted by Gasteiger charge is 2.20. The molecule has 2 heterocycles. The van der Waals surface area contributed by atoms with E-state index in [1.807, 2.05) is 0 Å². The van der Waals surface area contributed by atoms with Crippen molar-refractivity contribution in [1.29, 1.82) is 0 Å². The third-order valence-electron chi connectivity index (χ3n) is 12.5. The van der Waals surface area contributed by atoms with Gasteiger partial charge in [-0.1, -0.05) is 170 Å². The van der Waals surface area contributed by atoms with Gasteiger partial charge < -0.3 is 9.97 Å². The van der Waals surface area contributed by atoms with Crippen molar-refractivity contribution in [2.45, 2.75) is 0 Å². The third-order valence-corrected chi connectivity index (χ3v) is 12.5. The number of benzene rings is 11. The quantitative estimate of drug-likeness (QED) is 0.132. The van der Waals surface area contributed by atoms with E-state index in [4.69, 9.17) is 0 Å². The zero-order valence-corrected chi connectivity index (χ0v) is 30.3. The highest BCUT2D eigenvalue weighted by atomic mass is 14.7. The molecular weight excluding hydrogens is 677 g/mol. The predicted molar refractivity (Wildman–Crippen MR) is 241 cm³/mol. The smallest absolute Gasteiger partial charge is 0.0551 e. The Morgan fingerprint density at radius 1 is 0.232 bits per heavy atom. The fourth-order valence-corrected chi connectivity index (χ4v) is 10.2. The van der Waals surface area contributed by atoms with Crippen LogP contribution in [-0.4, -0.2) is 9.97 Å². The Kier molecular flexibility index (Phi) is 5.92. The van der Waals surface area contributed by atoms with Gasteiger partial charge in [-0.2, -0.15) is 0 Å². The first kappa shape index (κ1) is 30.0. The Balaban J connectivity index is 1.07. The maximum absolute atomic E-state index is 3.90. The predicted octanol–water partition coefficient (Wildman–Crippen LogP) is 15.2. The standard InChI is InChI=1S/C54H32N2/c1-5-17-37-33(13-1)35-15-3-11-23-43(35)53-51(37)45-27-25-31(29-47(45)55-53)49-39-19-7-9-21-41(39)50(42-22-10-8-20-40(42)49)32-26-28-46-48(30-32)56-54-44-24-12-4-16-36(44)34-14-2-6-18-38(34)52(46)54/h1-30,55-56H. The SMILES string of the molecule is c1ccc2c(-c3ccc4c(c3)[nH]c3c5ccccc5c5ccccc5c43)c3ccccc3c(-c3ccc4c(c3)[nH]c3c5ccccc5c5ccccc5c43)c2c1. The Hall–Kier alpha value is -7.42.